The van der Waals surface area contributed by atoms with E-state index in [1.807, 2.05) is 18.2 Å². The van der Waals surface area contributed by atoms with E-state index < -0.39 is 10.8 Å². The fourth-order valence-corrected chi connectivity index (χ4v) is 2.57. The fourth-order valence-electron chi connectivity index (χ4n) is 1.13. The van der Waals surface area contributed by atoms with Crippen molar-refractivity contribution in [3.63, 3.8) is 0 Å². The SMILES string of the molecule is CCC(C)CS(=O)c1cccc(N)c1. The molecule has 0 amide bonds. The van der Waals surface area contributed by atoms with Gasteiger partial charge in [0.25, 0.3) is 0 Å². The Labute approximate surface area is 88.0 Å². The molecule has 1 aromatic rings. The molecule has 2 N–H and O–H groups in total. The number of anilines is 1. The van der Waals surface area contributed by atoms with E-state index in [2.05, 4.69) is 13.8 Å². The highest BCUT2D eigenvalue weighted by Crippen LogP contribution is 2.14. The van der Waals surface area contributed by atoms with Crippen LogP contribution >= 0.6 is 0 Å². The molecule has 0 aromatic heterocycles. The second-order valence-corrected chi connectivity index (χ2v) is 5.09. The van der Waals surface area contributed by atoms with Gasteiger partial charge in [-0.1, -0.05) is 26.3 Å². The molecule has 1 rings (SSSR count). The van der Waals surface area contributed by atoms with Crippen LogP contribution in [0.1, 0.15) is 20.3 Å². The van der Waals surface area contributed by atoms with Crippen molar-refractivity contribution in [1.82, 2.24) is 0 Å². The minimum Gasteiger partial charge on any atom is -0.399 e. The average Bonchev–Trinajstić information content (AvgIpc) is 2.17. The van der Waals surface area contributed by atoms with Gasteiger partial charge in [-0.05, 0) is 24.1 Å². The molecule has 0 radical (unpaired) electrons. The van der Waals surface area contributed by atoms with Gasteiger partial charge in [-0.2, -0.15) is 0 Å². The molecular weight excluding hydrogens is 194 g/mol. The molecule has 2 nitrogen and oxygen atoms in total. The Kier molecular flexibility index (Phi) is 4.14. The van der Waals surface area contributed by atoms with Crippen LogP contribution in [0.5, 0.6) is 0 Å². The van der Waals surface area contributed by atoms with Crippen molar-refractivity contribution in [3.8, 4) is 0 Å². The molecule has 0 aliphatic heterocycles. The van der Waals surface area contributed by atoms with Gasteiger partial charge in [0.15, 0.2) is 0 Å². The van der Waals surface area contributed by atoms with Gasteiger partial charge in [0, 0.05) is 16.3 Å². The summed E-state index contributed by atoms with van der Waals surface area (Å²) in [6.07, 6.45) is 1.06. The van der Waals surface area contributed by atoms with E-state index in [0.29, 0.717) is 11.6 Å². The van der Waals surface area contributed by atoms with Crippen LogP contribution in [0.4, 0.5) is 5.69 Å². The quantitative estimate of drug-likeness (QED) is 0.777. The Morgan fingerprint density at radius 1 is 1.50 bits per heavy atom. The summed E-state index contributed by atoms with van der Waals surface area (Å²) in [6.45, 7) is 4.23. The van der Waals surface area contributed by atoms with Gasteiger partial charge in [0.1, 0.15) is 0 Å². The highest BCUT2D eigenvalue weighted by atomic mass is 32.2. The third-order valence-corrected chi connectivity index (χ3v) is 3.91. The predicted octanol–water partition coefficient (Wildman–Crippen LogP) is 2.42. The second-order valence-electron chi connectivity index (χ2n) is 3.60. The highest BCUT2D eigenvalue weighted by molar-refractivity contribution is 7.85. The lowest BCUT2D eigenvalue weighted by molar-refractivity contribution is 0.615. The molecule has 0 fully saturated rings. The first-order valence-corrected chi connectivity index (χ1v) is 6.19. The Balaban J connectivity index is 2.70. The van der Waals surface area contributed by atoms with Crippen molar-refractivity contribution in [1.29, 1.82) is 0 Å². The predicted molar refractivity (Wildman–Crippen MR) is 61.6 cm³/mol. The zero-order chi connectivity index (χ0) is 10.6. The summed E-state index contributed by atoms with van der Waals surface area (Å²) in [5.41, 5.74) is 6.31. The molecule has 0 heterocycles. The molecule has 0 spiro atoms. The molecule has 3 heteroatoms. The molecule has 0 bridgehead atoms. The average molecular weight is 211 g/mol. The maximum absolute atomic E-state index is 11.8. The van der Waals surface area contributed by atoms with E-state index in [-0.39, 0.29) is 0 Å². The summed E-state index contributed by atoms with van der Waals surface area (Å²) in [7, 11) is -0.904. The van der Waals surface area contributed by atoms with Crippen molar-refractivity contribution in [2.75, 3.05) is 11.5 Å². The Bertz CT molecular complexity index is 325. The van der Waals surface area contributed by atoms with Crippen molar-refractivity contribution >= 4 is 16.5 Å². The van der Waals surface area contributed by atoms with Crippen LogP contribution in [-0.4, -0.2) is 9.96 Å². The molecule has 14 heavy (non-hydrogen) atoms. The van der Waals surface area contributed by atoms with Gasteiger partial charge >= 0.3 is 0 Å². The van der Waals surface area contributed by atoms with Gasteiger partial charge in [-0.15, -0.1) is 0 Å². The number of rotatable bonds is 4. The lowest BCUT2D eigenvalue weighted by atomic mass is 10.2. The Hall–Kier alpha value is -0.830. The maximum atomic E-state index is 11.8. The molecule has 2 atom stereocenters. The number of nitrogen functional groups attached to an aromatic ring is 1. The van der Waals surface area contributed by atoms with E-state index in [1.165, 1.54) is 0 Å². The summed E-state index contributed by atoms with van der Waals surface area (Å²) in [6, 6.07) is 7.32. The summed E-state index contributed by atoms with van der Waals surface area (Å²) in [5.74, 6) is 1.22. The van der Waals surface area contributed by atoms with Crippen LogP contribution in [0, 0.1) is 5.92 Å². The lowest BCUT2D eigenvalue weighted by Crippen LogP contribution is -2.07. The van der Waals surface area contributed by atoms with Crippen LogP contribution in [0.25, 0.3) is 0 Å². The number of hydrogen-bond acceptors (Lipinski definition) is 2. The van der Waals surface area contributed by atoms with Crippen molar-refractivity contribution in [2.45, 2.75) is 25.2 Å². The van der Waals surface area contributed by atoms with Gasteiger partial charge in [-0.3, -0.25) is 4.21 Å². The number of benzene rings is 1. The van der Waals surface area contributed by atoms with Crippen LogP contribution < -0.4 is 5.73 Å². The second kappa shape index (κ2) is 5.15. The molecule has 1 aromatic carbocycles. The smallest absolute Gasteiger partial charge is 0.0532 e. The Morgan fingerprint density at radius 3 is 2.79 bits per heavy atom. The normalized spacial score (nSPS) is 15.0. The Morgan fingerprint density at radius 2 is 2.21 bits per heavy atom. The van der Waals surface area contributed by atoms with E-state index in [4.69, 9.17) is 5.73 Å². The molecule has 2 unspecified atom stereocenters. The summed E-state index contributed by atoms with van der Waals surface area (Å²) >= 11 is 0. The molecule has 0 saturated carbocycles. The van der Waals surface area contributed by atoms with Crippen molar-refractivity contribution in [2.24, 2.45) is 5.92 Å². The van der Waals surface area contributed by atoms with Crippen molar-refractivity contribution < 1.29 is 4.21 Å². The van der Waals surface area contributed by atoms with E-state index in [9.17, 15) is 4.21 Å². The molecule has 0 aliphatic rings. The van der Waals surface area contributed by atoms with E-state index >= 15 is 0 Å². The standard InChI is InChI=1S/C11H17NOS/c1-3-9(2)8-14(13)11-6-4-5-10(12)7-11/h4-7,9H,3,8,12H2,1-2H3. The van der Waals surface area contributed by atoms with E-state index in [1.54, 1.807) is 6.07 Å². The monoisotopic (exact) mass is 211 g/mol. The summed E-state index contributed by atoms with van der Waals surface area (Å²) in [4.78, 5) is 0.838. The largest absolute Gasteiger partial charge is 0.399 e. The number of hydrogen-bond donors (Lipinski definition) is 1. The zero-order valence-corrected chi connectivity index (χ0v) is 9.51. The van der Waals surface area contributed by atoms with E-state index in [0.717, 1.165) is 17.1 Å². The first-order valence-electron chi connectivity index (χ1n) is 4.87. The minimum atomic E-state index is -0.904. The maximum Gasteiger partial charge on any atom is 0.0532 e. The van der Waals surface area contributed by atoms with Crippen LogP contribution in [0.15, 0.2) is 29.2 Å². The summed E-state index contributed by atoms with van der Waals surface area (Å²) < 4.78 is 11.8. The van der Waals surface area contributed by atoms with Gasteiger partial charge in [0.2, 0.25) is 0 Å². The van der Waals surface area contributed by atoms with Crippen molar-refractivity contribution in [3.05, 3.63) is 24.3 Å². The minimum absolute atomic E-state index is 0.497. The topological polar surface area (TPSA) is 43.1 Å². The van der Waals surface area contributed by atoms with Gasteiger partial charge in [-0.25, -0.2) is 0 Å². The molecule has 78 valence electrons. The van der Waals surface area contributed by atoms with Crippen LogP contribution in [0.2, 0.25) is 0 Å². The van der Waals surface area contributed by atoms with Gasteiger partial charge < -0.3 is 5.73 Å². The van der Waals surface area contributed by atoms with Crippen LogP contribution in [-0.2, 0) is 10.8 Å². The van der Waals surface area contributed by atoms with Crippen LogP contribution in [0.3, 0.4) is 0 Å². The first-order chi connectivity index (χ1) is 6.63. The lowest BCUT2D eigenvalue weighted by Gasteiger charge is -2.08. The van der Waals surface area contributed by atoms with Gasteiger partial charge in [0.05, 0.1) is 10.8 Å². The highest BCUT2D eigenvalue weighted by Gasteiger charge is 2.08. The third kappa shape index (κ3) is 3.14. The molecule has 0 saturated heterocycles. The third-order valence-electron chi connectivity index (χ3n) is 2.25. The zero-order valence-electron chi connectivity index (χ0n) is 8.69. The molecular formula is C11H17NOS. The molecule has 0 aliphatic carbocycles. The fraction of sp³-hybridized carbons (Fsp3) is 0.455. The summed E-state index contributed by atoms with van der Waals surface area (Å²) in [5, 5.41) is 0. The number of nitrogens with two attached hydrogens (primary N) is 1. The first kappa shape index (κ1) is 11.2.